The molecule has 0 fully saturated rings. The molecule has 0 unspecified atom stereocenters. The Hall–Kier alpha value is -2.30. The molecule has 0 aliphatic heterocycles. The molecule has 5 nitrogen and oxygen atoms in total. The number of nitrogens with two attached hydrogens (primary N) is 1. The number of carbonyl (C=O) groups is 1. The number of hydrogen-bond donors (Lipinski definition) is 2. The zero-order chi connectivity index (χ0) is 14.0. The summed E-state index contributed by atoms with van der Waals surface area (Å²) in [5.74, 6) is -0.0290. The van der Waals surface area contributed by atoms with Crippen LogP contribution in [0.3, 0.4) is 0 Å². The van der Waals surface area contributed by atoms with Crippen LogP contribution in [0.1, 0.15) is 28.5 Å². The van der Waals surface area contributed by atoms with Gasteiger partial charge in [0.05, 0.1) is 5.69 Å². The monoisotopic (exact) mass is 258 g/mol. The first kappa shape index (κ1) is 13.1. The Morgan fingerprint density at radius 3 is 2.79 bits per heavy atom. The van der Waals surface area contributed by atoms with Crippen molar-refractivity contribution < 1.29 is 4.79 Å². The zero-order valence-electron chi connectivity index (χ0n) is 11.4. The molecule has 0 amide bonds. The molecular formula is C14H18N4O. The van der Waals surface area contributed by atoms with E-state index in [0.29, 0.717) is 17.8 Å². The molecule has 2 rings (SSSR count). The van der Waals surface area contributed by atoms with E-state index in [4.69, 9.17) is 5.73 Å². The topological polar surface area (TPSA) is 72.9 Å². The van der Waals surface area contributed by atoms with Crippen LogP contribution in [0.5, 0.6) is 0 Å². The SMILES string of the molecule is CC(=O)c1cc(NCc2cn(C)nc2C)ccc1N. The molecule has 0 aliphatic carbocycles. The lowest BCUT2D eigenvalue weighted by molar-refractivity contribution is 0.101. The quantitative estimate of drug-likeness (QED) is 0.651. The molecule has 0 spiro atoms. The summed E-state index contributed by atoms with van der Waals surface area (Å²) in [7, 11) is 1.90. The van der Waals surface area contributed by atoms with Crippen LogP contribution >= 0.6 is 0 Å². The van der Waals surface area contributed by atoms with Crippen molar-refractivity contribution in [3.8, 4) is 0 Å². The molecule has 0 aliphatic rings. The van der Waals surface area contributed by atoms with Gasteiger partial charge in [0.1, 0.15) is 0 Å². The van der Waals surface area contributed by atoms with Gasteiger partial charge in [0.2, 0.25) is 0 Å². The Bertz CT molecular complexity index is 616. The maximum atomic E-state index is 11.4. The molecule has 0 saturated heterocycles. The van der Waals surface area contributed by atoms with Crippen molar-refractivity contribution in [3.63, 3.8) is 0 Å². The van der Waals surface area contributed by atoms with E-state index in [2.05, 4.69) is 10.4 Å². The largest absolute Gasteiger partial charge is 0.398 e. The molecule has 100 valence electrons. The van der Waals surface area contributed by atoms with Gasteiger partial charge in [-0.05, 0) is 32.0 Å². The minimum absolute atomic E-state index is 0.0290. The number of aromatic nitrogens is 2. The number of nitrogens with zero attached hydrogens (tertiary/aromatic N) is 2. The third-order valence-corrected chi connectivity index (χ3v) is 3.03. The van der Waals surface area contributed by atoms with E-state index >= 15 is 0 Å². The number of anilines is 2. The van der Waals surface area contributed by atoms with Crippen molar-refractivity contribution in [1.29, 1.82) is 0 Å². The number of rotatable bonds is 4. The van der Waals surface area contributed by atoms with Crippen LogP contribution in [0.15, 0.2) is 24.4 Å². The van der Waals surface area contributed by atoms with Gasteiger partial charge < -0.3 is 11.1 Å². The Labute approximate surface area is 112 Å². The molecule has 19 heavy (non-hydrogen) atoms. The zero-order valence-corrected chi connectivity index (χ0v) is 11.4. The van der Waals surface area contributed by atoms with E-state index in [0.717, 1.165) is 16.9 Å². The van der Waals surface area contributed by atoms with Gasteiger partial charge in [-0.2, -0.15) is 5.10 Å². The minimum Gasteiger partial charge on any atom is -0.398 e. The predicted octanol–water partition coefficient (Wildman–Crippen LogP) is 2.13. The van der Waals surface area contributed by atoms with Crippen molar-refractivity contribution in [2.24, 2.45) is 7.05 Å². The van der Waals surface area contributed by atoms with Crippen molar-refractivity contribution in [3.05, 3.63) is 41.2 Å². The van der Waals surface area contributed by atoms with E-state index in [1.807, 2.05) is 26.2 Å². The molecule has 0 bridgehead atoms. The van der Waals surface area contributed by atoms with Crippen LogP contribution in [0, 0.1) is 6.92 Å². The number of nitrogen functional groups attached to an aromatic ring is 1. The molecule has 0 atom stereocenters. The van der Waals surface area contributed by atoms with Crippen molar-refractivity contribution in [2.45, 2.75) is 20.4 Å². The Kier molecular flexibility index (Phi) is 3.55. The fourth-order valence-electron chi connectivity index (χ4n) is 1.99. The smallest absolute Gasteiger partial charge is 0.161 e. The van der Waals surface area contributed by atoms with E-state index < -0.39 is 0 Å². The van der Waals surface area contributed by atoms with Crippen LogP contribution in [0.25, 0.3) is 0 Å². The molecule has 1 aromatic carbocycles. The summed E-state index contributed by atoms with van der Waals surface area (Å²) < 4.78 is 1.79. The van der Waals surface area contributed by atoms with Crippen molar-refractivity contribution in [2.75, 3.05) is 11.1 Å². The van der Waals surface area contributed by atoms with Gasteiger partial charge in [-0.1, -0.05) is 0 Å². The first-order valence-corrected chi connectivity index (χ1v) is 6.11. The fourth-order valence-corrected chi connectivity index (χ4v) is 1.99. The summed E-state index contributed by atoms with van der Waals surface area (Å²) in [4.78, 5) is 11.4. The summed E-state index contributed by atoms with van der Waals surface area (Å²) in [6.45, 7) is 4.16. The lowest BCUT2D eigenvalue weighted by Crippen LogP contribution is -2.04. The fraction of sp³-hybridized carbons (Fsp3) is 0.286. The van der Waals surface area contributed by atoms with Gasteiger partial charge in [0, 0.05) is 42.3 Å². The first-order chi connectivity index (χ1) is 8.97. The highest BCUT2D eigenvalue weighted by Gasteiger charge is 2.07. The summed E-state index contributed by atoms with van der Waals surface area (Å²) in [5.41, 5.74) is 9.83. The molecule has 2 aromatic rings. The lowest BCUT2D eigenvalue weighted by atomic mass is 10.1. The Morgan fingerprint density at radius 1 is 1.47 bits per heavy atom. The molecule has 0 radical (unpaired) electrons. The number of aryl methyl sites for hydroxylation is 2. The lowest BCUT2D eigenvalue weighted by Gasteiger charge is -2.08. The summed E-state index contributed by atoms with van der Waals surface area (Å²) in [6, 6.07) is 5.39. The molecule has 1 aromatic heterocycles. The van der Waals surface area contributed by atoms with Gasteiger partial charge >= 0.3 is 0 Å². The normalized spacial score (nSPS) is 10.5. The average Bonchev–Trinajstić information content (AvgIpc) is 2.66. The van der Waals surface area contributed by atoms with E-state index in [1.165, 1.54) is 6.92 Å². The highest BCUT2D eigenvalue weighted by molar-refractivity contribution is 5.99. The highest BCUT2D eigenvalue weighted by atomic mass is 16.1. The van der Waals surface area contributed by atoms with E-state index in [-0.39, 0.29) is 5.78 Å². The summed E-state index contributed by atoms with van der Waals surface area (Å²) >= 11 is 0. The Morgan fingerprint density at radius 2 is 2.21 bits per heavy atom. The van der Waals surface area contributed by atoms with Crippen molar-refractivity contribution >= 4 is 17.2 Å². The van der Waals surface area contributed by atoms with Crippen LogP contribution in [-0.4, -0.2) is 15.6 Å². The van der Waals surface area contributed by atoms with Crippen molar-refractivity contribution in [1.82, 2.24) is 9.78 Å². The molecular weight excluding hydrogens is 240 g/mol. The van der Waals surface area contributed by atoms with Gasteiger partial charge in [0.25, 0.3) is 0 Å². The van der Waals surface area contributed by atoms with Crippen LogP contribution in [0.4, 0.5) is 11.4 Å². The predicted molar refractivity (Wildman–Crippen MR) is 76.1 cm³/mol. The molecule has 0 saturated carbocycles. The minimum atomic E-state index is -0.0290. The summed E-state index contributed by atoms with van der Waals surface area (Å²) in [5, 5.41) is 7.56. The van der Waals surface area contributed by atoms with Gasteiger partial charge in [0.15, 0.2) is 5.78 Å². The number of carbonyl (C=O) groups excluding carboxylic acids is 1. The van der Waals surface area contributed by atoms with Crippen LogP contribution in [0.2, 0.25) is 0 Å². The molecule has 1 heterocycles. The number of ketones is 1. The Balaban J connectivity index is 2.14. The van der Waals surface area contributed by atoms with Gasteiger partial charge in [-0.25, -0.2) is 0 Å². The first-order valence-electron chi connectivity index (χ1n) is 6.11. The second-order valence-corrected chi connectivity index (χ2v) is 4.63. The third-order valence-electron chi connectivity index (χ3n) is 3.03. The third kappa shape index (κ3) is 2.93. The van der Waals surface area contributed by atoms with E-state index in [9.17, 15) is 4.79 Å². The number of hydrogen-bond acceptors (Lipinski definition) is 4. The molecule has 3 N–H and O–H groups in total. The standard InChI is InChI=1S/C14H18N4O/c1-9-11(8-18(3)17-9)7-16-12-4-5-14(15)13(6-12)10(2)19/h4-6,8,16H,7,15H2,1-3H3. The summed E-state index contributed by atoms with van der Waals surface area (Å²) in [6.07, 6.45) is 1.98. The highest BCUT2D eigenvalue weighted by Crippen LogP contribution is 2.19. The maximum Gasteiger partial charge on any atom is 0.161 e. The second kappa shape index (κ2) is 5.14. The van der Waals surface area contributed by atoms with Gasteiger partial charge in [-0.15, -0.1) is 0 Å². The van der Waals surface area contributed by atoms with Crippen LogP contribution in [-0.2, 0) is 13.6 Å². The van der Waals surface area contributed by atoms with Crippen LogP contribution < -0.4 is 11.1 Å². The average molecular weight is 258 g/mol. The number of nitrogens with one attached hydrogen (secondary N) is 1. The maximum absolute atomic E-state index is 11.4. The number of benzene rings is 1. The van der Waals surface area contributed by atoms with Gasteiger partial charge in [-0.3, -0.25) is 9.48 Å². The molecule has 5 heteroatoms. The number of Topliss-reactive ketones (excluding diaryl/α,β-unsaturated/α-hetero) is 1. The second-order valence-electron chi connectivity index (χ2n) is 4.63. The van der Waals surface area contributed by atoms with E-state index in [1.54, 1.807) is 16.8 Å².